The molecule has 0 heterocycles. The van der Waals surface area contributed by atoms with Gasteiger partial charge >= 0.3 is 16.6 Å². The van der Waals surface area contributed by atoms with Gasteiger partial charge in [0.15, 0.2) is 5.75 Å². The van der Waals surface area contributed by atoms with Crippen LogP contribution >= 0.6 is 0 Å². The van der Waals surface area contributed by atoms with E-state index >= 15 is 0 Å². The maximum absolute atomic E-state index is 13.5. The van der Waals surface area contributed by atoms with E-state index in [2.05, 4.69) is 4.18 Å². The van der Waals surface area contributed by atoms with E-state index in [1.54, 1.807) is 0 Å². The fourth-order valence-corrected chi connectivity index (χ4v) is 2.84. The number of carbonyl (C=O) groups excluding carboxylic acids is 2. The molecule has 0 radical (unpaired) electrons. The maximum atomic E-state index is 13.5. The number of nitrogens with zero attached hydrogens (tertiary/aromatic N) is 1. The molecule has 27 heavy (non-hydrogen) atoms. The molecule has 0 aromatic heterocycles. The number of fused-ring (bicyclic) bond motifs is 1. The van der Waals surface area contributed by atoms with Crippen LogP contribution in [0.25, 0.3) is 10.8 Å². The van der Waals surface area contributed by atoms with Crippen molar-refractivity contribution in [2.24, 2.45) is 0 Å². The molecule has 0 unspecified atom stereocenters. The second kappa shape index (κ2) is 7.04. The molecule has 8 nitrogen and oxygen atoms in total. The molecule has 1 N–H and O–H groups in total. The standard InChI is InChI=1S/C15H12F3NO7S/c1-19(7-12(20)21)14(22)10-4-2-3-9-8(10)5-6-11(26-27(23,24)25)13(9)15(16,17)18/h2-6H,7H2,1H3,(H,20,21)(H,23,24,25)/p-1. The third-order valence-corrected chi connectivity index (χ3v) is 3.84. The number of carboxylic acid groups (broad SMARTS) is 1. The maximum Gasteiger partial charge on any atom is 0.446 e. The summed E-state index contributed by atoms with van der Waals surface area (Å²) in [5, 5.41) is 9.83. The van der Waals surface area contributed by atoms with Crippen molar-refractivity contribution in [3.8, 4) is 5.75 Å². The van der Waals surface area contributed by atoms with Gasteiger partial charge in [0.25, 0.3) is 5.91 Å². The summed E-state index contributed by atoms with van der Waals surface area (Å²) in [4.78, 5) is 23.7. The molecular weight excluding hydrogens is 395 g/mol. The molecule has 146 valence electrons. The molecule has 0 aliphatic heterocycles. The lowest BCUT2D eigenvalue weighted by atomic mass is 9.98. The van der Waals surface area contributed by atoms with Gasteiger partial charge in [-0.15, -0.1) is 0 Å². The summed E-state index contributed by atoms with van der Waals surface area (Å²) in [5.74, 6) is -3.63. The zero-order chi connectivity index (χ0) is 20.6. The van der Waals surface area contributed by atoms with Gasteiger partial charge in [-0.25, -0.2) is 0 Å². The number of rotatable bonds is 5. The van der Waals surface area contributed by atoms with Gasteiger partial charge in [-0.05, 0) is 29.0 Å². The van der Waals surface area contributed by atoms with E-state index in [1.165, 1.54) is 6.07 Å². The van der Waals surface area contributed by atoms with Gasteiger partial charge < -0.3 is 19.0 Å². The highest BCUT2D eigenvalue weighted by Crippen LogP contribution is 2.42. The second-order valence-electron chi connectivity index (χ2n) is 5.38. The Balaban J connectivity index is 2.73. The summed E-state index contributed by atoms with van der Waals surface area (Å²) in [6.45, 7) is -0.786. The van der Waals surface area contributed by atoms with Crippen LogP contribution in [0.4, 0.5) is 13.2 Å². The van der Waals surface area contributed by atoms with Crippen LogP contribution in [-0.4, -0.2) is 43.3 Å². The first-order valence-electron chi connectivity index (χ1n) is 7.06. The summed E-state index contributed by atoms with van der Waals surface area (Å²) >= 11 is 0. The van der Waals surface area contributed by atoms with Crippen molar-refractivity contribution in [1.82, 2.24) is 4.90 Å². The normalized spacial score (nSPS) is 12.0. The van der Waals surface area contributed by atoms with Crippen molar-refractivity contribution >= 4 is 33.0 Å². The molecule has 0 aliphatic carbocycles. The molecule has 0 spiro atoms. The molecule has 0 saturated heterocycles. The Bertz CT molecular complexity index is 1020. The SMILES string of the molecule is CN(CC(=O)[O-])C(=O)c1cccc2c(C(F)(F)F)c(OS(=O)(=O)O)ccc12. The van der Waals surface area contributed by atoms with E-state index in [1.807, 2.05) is 0 Å². The van der Waals surface area contributed by atoms with E-state index < -0.39 is 51.7 Å². The Hall–Kier alpha value is -2.86. The molecule has 0 aliphatic rings. The number of carbonyl (C=O) groups is 2. The average molecular weight is 406 g/mol. The quantitative estimate of drug-likeness (QED) is 0.731. The van der Waals surface area contributed by atoms with Gasteiger partial charge in [0.05, 0.1) is 12.5 Å². The molecule has 0 fully saturated rings. The molecule has 0 atom stereocenters. The lowest BCUT2D eigenvalue weighted by molar-refractivity contribution is -0.305. The largest absolute Gasteiger partial charge is 0.548 e. The Morgan fingerprint density at radius 1 is 1.19 bits per heavy atom. The number of carboxylic acids is 1. The molecular formula is C15H11F3NO7S-. The third-order valence-electron chi connectivity index (χ3n) is 3.45. The molecule has 12 heteroatoms. The van der Waals surface area contributed by atoms with Crippen LogP contribution in [0.3, 0.4) is 0 Å². The number of likely N-dealkylation sites (N-methyl/N-ethyl adjacent to an activating group) is 1. The minimum Gasteiger partial charge on any atom is -0.548 e. The smallest absolute Gasteiger partial charge is 0.446 e. The molecule has 2 rings (SSSR count). The fourth-order valence-electron chi connectivity index (χ4n) is 2.47. The van der Waals surface area contributed by atoms with Crippen LogP contribution in [0.15, 0.2) is 30.3 Å². The van der Waals surface area contributed by atoms with Crippen LogP contribution in [-0.2, 0) is 21.4 Å². The van der Waals surface area contributed by atoms with Crippen molar-refractivity contribution in [3.63, 3.8) is 0 Å². The number of aliphatic carboxylic acids is 1. The van der Waals surface area contributed by atoms with Gasteiger partial charge in [-0.2, -0.15) is 21.6 Å². The number of amides is 1. The lowest BCUT2D eigenvalue weighted by Gasteiger charge is -2.20. The fraction of sp³-hybridized carbons (Fsp3) is 0.200. The van der Waals surface area contributed by atoms with E-state index in [9.17, 15) is 36.3 Å². The van der Waals surface area contributed by atoms with Crippen molar-refractivity contribution < 1.29 is 45.0 Å². The zero-order valence-corrected chi connectivity index (χ0v) is 14.3. The van der Waals surface area contributed by atoms with Gasteiger partial charge in [0.2, 0.25) is 0 Å². The zero-order valence-electron chi connectivity index (χ0n) is 13.5. The highest BCUT2D eigenvalue weighted by Gasteiger charge is 2.38. The van der Waals surface area contributed by atoms with Crippen molar-refractivity contribution in [3.05, 3.63) is 41.5 Å². The monoisotopic (exact) mass is 406 g/mol. The van der Waals surface area contributed by atoms with Gasteiger partial charge in [0, 0.05) is 12.6 Å². The average Bonchev–Trinajstić information content (AvgIpc) is 2.49. The molecule has 2 aromatic carbocycles. The second-order valence-corrected chi connectivity index (χ2v) is 6.40. The number of benzene rings is 2. The topological polar surface area (TPSA) is 124 Å². The predicted molar refractivity (Wildman–Crippen MR) is 83.1 cm³/mol. The Kier molecular flexibility index (Phi) is 5.33. The molecule has 2 aromatic rings. The first-order chi connectivity index (χ1) is 12.3. The highest BCUT2D eigenvalue weighted by molar-refractivity contribution is 7.81. The van der Waals surface area contributed by atoms with Crippen LogP contribution in [0.5, 0.6) is 5.75 Å². The van der Waals surface area contributed by atoms with E-state index in [0.717, 1.165) is 30.1 Å². The summed E-state index contributed by atoms with van der Waals surface area (Å²) < 4.78 is 74.8. The van der Waals surface area contributed by atoms with Crippen molar-refractivity contribution in [2.45, 2.75) is 6.18 Å². The minimum absolute atomic E-state index is 0.220. The van der Waals surface area contributed by atoms with Crippen LogP contribution in [0, 0.1) is 0 Å². The lowest BCUT2D eigenvalue weighted by Crippen LogP contribution is -2.39. The first-order valence-corrected chi connectivity index (χ1v) is 8.43. The highest BCUT2D eigenvalue weighted by atomic mass is 32.3. The third kappa shape index (κ3) is 4.65. The van der Waals surface area contributed by atoms with E-state index in [0.29, 0.717) is 6.07 Å². The van der Waals surface area contributed by atoms with E-state index in [4.69, 9.17) is 4.55 Å². The summed E-state index contributed by atoms with van der Waals surface area (Å²) in [5.41, 5.74) is -1.77. The summed E-state index contributed by atoms with van der Waals surface area (Å²) in [6.07, 6.45) is -5.09. The molecule has 0 saturated carbocycles. The predicted octanol–water partition coefficient (Wildman–Crippen LogP) is 0.862. The van der Waals surface area contributed by atoms with E-state index in [-0.39, 0.29) is 10.9 Å². The van der Waals surface area contributed by atoms with Crippen LogP contribution in [0.2, 0.25) is 0 Å². The number of hydrogen-bond acceptors (Lipinski definition) is 6. The summed E-state index contributed by atoms with van der Waals surface area (Å²) in [6, 6.07) is 4.89. The van der Waals surface area contributed by atoms with Crippen molar-refractivity contribution in [2.75, 3.05) is 13.6 Å². The summed E-state index contributed by atoms with van der Waals surface area (Å²) in [7, 11) is -4.11. The molecule has 0 bridgehead atoms. The Labute approximate surface area is 150 Å². The Morgan fingerprint density at radius 2 is 1.81 bits per heavy atom. The number of halogens is 3. The van der Waals surface area contributed by atoms with Gasteiger partial charge in [-0.1, -0.05) is 12.1 Å². The number of alkyl halides is 3. The van der Waals surface area contributed by atoms with Crippen molar-refractivity contribution in [1.29, 1.82) is 0 Å². The minimum atomic E-state index is -5.23. The molecule has 1 amide bonds. The van der Waals surface area contributed by atoms with Crippen LogP contribution in [0.1, 0.15) is 15.9 Å². The number of hydrogen-bond donors (Lipinski definition) is 1. The Morgan fingerprint density at radius 3 is 2.33 bits per heavy atom. The van der Waals surface area contributed by atoms with Gasteiger partial charge in [-0.3, -0.25) is 9.35 Å². The first kappa shape index (κ1) is 20.5. The van der Waals surface area contributed by atoms with Crippen LogP contribution < -0.4 is 9.29 Å². The van der Waals surface area contributed by atoms with Gasteiger partial charge in [0.1, 0.15) is 5.56 Å².